The fraction of sp³-hybridized carbons (Fsp3) is 0.154. The molecule has 0 amide bonds. The summed E-state index contributed by atoms with van der Waals surface area (Å²) in [7, 11) is 1.49. The van der Waals surface area contributed by atoms with E-state index in [4.69, 9.17) is 10.5 Å². The van der Waals surface area contributed by atoms with Crippen LogP contribution in [0.1, 0.15) is 5.56 Å². The van der Waals surface area contributed by atoms with Gasteiger partial charge in [-0.2, -0.15) is 0 Å². The van der Waals surface area contributed by atoms with Crippen LogP contribution in [0.2, 0.25) is 0 Å². The highest BCUT2D eigenvalue weighted by Gasteiger charge is 2.10. The summed E-state index contributed by atoms with van der Waals surface area (Å²) >= 11 is 0. The molecule has 0 bridgehead atoms. The second-order valence-corrected chi connectivity index (χ2v) is 3.80. The summed E-state index contributed by atoms with van der Waals surface area (Å²) in [5.74, 6) is 0.0735. The molecule has 4 heteroatoms. The van der Waals surface area contributed by atoms with Crippen molar-refractivity contribution in [2.45, 2.75) is 6.92 Å². The van der Waals surface area contributed by atoms with Crippen LogP contribution in [0.3, 0.4) is 0 Å². The van der Waals surface area contributed by atoms with Gasteiger partial charge < -0.3 is 10.5 Å². The van der Waals surface area contributed by atoms with Crippen LogP contribution in [-0.2, 0) is 0 Å². The standard InChI is InChI=1S/C13H13FN2O/c1-8-5-12(15)13(16-7-8)10-4-3-9(17-2)6-11(10)14/h3-7H,15H2,1-2H3. The van der Waals surface area contributed by atoms with E-state index in [0.717, 1.165) is 5.56 Å². The van der Waals surface area contributed by atoms with Crippen LogP contribution in [0.25, 0.3) is 11.3 Å². The summed E-state index contributed by atoms with van der Waals surface area (Å²) in [6, 6.07) is 6.38. The maximum atomic E-state index is 13.8. The first-order valence-corrected chi connectivity index (χ1v) is 5.18. The molecule has 0 aliphatic rings. The number of halogens is 1. The van der Waals surface area contributed by atoms with E-state index < -0.39 is 5.82 Å². The van der Waals surface area contributed by atoms with Crippen molar-refractivity contribution >= 4 is 5.69 Å². The monoisotopic (exact) mass is 232 g/mol. The first-order chi connectivity index (χ1) is 8.11. The third kappa shape index (κ3) is 2.20. The van der Waals surface area contributed by atoms with E-state index in [-0.39, 0.29) is 0 Å². The zero-order valence-electron chi connectivity index (χ0n) is 9.70. The number of benzene rings is 1. The van der Waals surface area contributed by atoms with Crippen molar-refractivity contribution in [3.63, 3.8) is 0 Å². The molecule has 0 saturated heterocycles. The number of aromatic nitrogens is 1. The van der Waals surface area contributed by atoms with Gasteiger partial charge in [-0.1, -0.05) is 0 Å². The minimum atomic E-state index is -0.396. The molecule has 0 aliphatic heterocycles. The molecule has 1 aromatic carbocycles. The molecule has 0 spiro atoms. The van der Waals surface area contributed by atoms with Crippen molar-refractivity contribution in [1.82, 2.24) is 4.98 Å². The Morgan fingerprint density at radius 3 is 2.65 bits per heavy atom. The Hall–Kier alpha value is -2.10. The fourth-order valence-corrected chi connectivity index (χ4v) is 1.63. The van der Waals surface area contributed by atoms with Crippen molar-refractivity contribution in [1.29, 1.82) is 0 Å². The van der Waals surface area contributed by atoms with Crippen LogP contribution in [0, 0.1) is 12.7 Å². The molecule has 0 saturated carbocycles. The molecule has 2 N–H and O–H groups in total. The molecule has 0 aliphatic carbocycles. The smallest absolute Gasteiger partial charge is 0.136 e. The third-order valence-electron chi connectivity index (χ3n) is 2.49. The molecule has 1 aromatic heterocycles. The molecule has 17 heavy (non-hydrogen) atoms. The quantitative estimate of drug-likeness (QED) is 0.866. The zero-order valence-corrected chi connectivity index (χ0v) is 9.70. The van der Waals surface area contributed by atoms with E-state index in [1.54, 1.807) is 24.4 Å². The number of nitrogens with zero attached hydrogens (tertiary/aromatic N) is 1. The maximum Gasteiger partial charge on any atom is 0.136 e. The van der Waals surface area contributed by atoms with Crippen LogP contribution in [0.5, 0.6) is 5.75 Å². The number of anilines is 1. The van der Waals surface area contributed by atoms with Crippen LogP contribution in [0.15, 0.2) is 30.5 Å². The summed E-state index contributed by atoms with van der Waals surface area (Å²) < 4.78 is 18.8. The largest absolute Gasteiger partial charge is 0.497 e. The van der Waals surface area contributed by atoms with E-state index in [0.29, 0.717) is 22.7 Å². The first kappa shape index (κ1) is 11.4. The highest BCUT2D eigenvalue weighted by molar-refractivity contribution is 5.73. The van der Waals surface area contributed by atoms with E-state index in [1.165, 1.54) is 13.2 Å². The van der Waals surface area contributed by atoms with Crippen LogP contribution >= 0.6 is 0 Å². The summed E-state index contributed by atoms with van der Waals surface area (Å²) in [6.45, 7) is 1.89. The average molecular weight is 232 g/mol. The molecule has 2 rings (SSSR count). The number of nitrogens with two attached hydrogens (primary N) is 1. The summed E-state index contributed by atoms with van der Waals surface area (Å²) in [4.78, 5) is 4.16. The Kier molecular flexibility index (Phi) is 2.95. The van der Waals surface area contributed by atoms with Crippen molar-refractivity contribution in [3.8, 4) is 17.0 Å². The highest BCUT2D eigenvalue weighted by Crippen LogP contribution is 2.28. The Bertz CT molecular complexity index is 555. The molecular formula is C13H13FN2O. The lowest BCUT2D eigenvalue weighted by Gasteiger charge is -2.08. The van der Waals surface area contributed by atoms with Gasteiger partial charge >= 0.3 is 0 Å². The average Bonchev–Trinajstić information content (AvgIpc) is 2.30. The predicted octanol–water partition coefficient (Wildman–Crippen LogP) is 2.79. The third-order valence-corrected chi connectivity index (χ3v) is 2.49. The summed E-state index contributed by atoms with van der Waals surface area (Å²) in [5, 5.41) is 0. The van der Waals surface area contributed by atoms with Crippen molar-refractivity contribution in [2.75, 3.05) is 12.8 Å². The number of aryl methyl sites for hydroxylation is 1. The second kappa shape index (κ2) is 4.41. The van der Waals surface area contributed by atoms with Gasteiger partial charge in [0.05, 0.1) is 18.5 Å². The molecule has 3 nitrogen and oxygen atoms in total. The molecule has 0 atom stereocenters. The lowest BCUT2D eigenvalue weighted by molar-refractivity contribution is 0.411. The minimum absolute atomic E-state index is 0.378. The lowest BCUT2D eigenvalue weighted by Crippen LogP contribution is -1.96. The van der Waals surface area contributed by atoms with Crippen LogP contribution in [0.4, 0.5) is 10.1 Å². The van der Waals surface area contributed by atoms with Crippen LogP contribution in [-0.4, -0.2) is 12.1 Å². The molecule has 0 radical (unpaired) electrons. The normalized spacial score (nSPS) is 10.3. The van der Waals surface area contributed by atoms with Gasteiger partial charge in [0.25, 0.3) is 0 Å². The summed E-state index contributed by atoms with van der Waals surface area (Å²) in [6.07, 6.45) is 1.66. The van der Waals surface area contributed by atoms with Crippen molar-refractivity contribution < 1.29 is 9.13 Å². The SMILES string of the molecule is COc1ccc(-c2ncc(C)cc2N)c(F)c1. The molecule has 0 fully saturated rings. The van der Waals surface area contributed by atoms with Gasteiger partial charge in [0, 0.05) is 17.8 Å². The van der Waals surface area contributed by atoms with Crippen LogP contribution < -0.4 is 10.5 Å². The Morgan fingerprint density at radius 1 is 1.29 bits per heavy atom. The Morgan fingerprint density at radius 2 is 2.06 bits per heavy atom. The Balaban J connectivity index is 2.53. The van der Waals surface area contributed by atoms with Gasteiger partial charge in [0.1, 0.15) is 11.6 Å². The molecular weight excluding hydrogens is 219 g/mol. The molecule has 0 unspecified atom stereocenters. The zero-order chi connectivity index (χ0) is 12.4. The molecule has 2 aromatic rings. The number of ether oxygens (including phenoxy) is 1. The van der Waals surface area contributed by atoms with Crippen molar-refractivity contribution in [3.05, 3.63) is 41.8 Å². The van der Waals surface area contributed by atoms with E-state index in [1.807, 2.05) is 6.92 Å². The van der Waals surface area contributed by atoms with Gasteiger partial charge in [0.2, 0.25) is 0 Å². The lowest BCUT2D eigenvalue weighted by atomic mass is 10.1. The van der Waals surface area contributed by atoms with Gasteiger partial charge in [-0.3, -0.25) is 4.98 Å². The first-order valence-electron chi connectivity index (χ1n) is 5.18. The van der Waals surface area contributed by atoms with E-state index in [9.17, 15) is 4.39 Å². The number of methoxy groups -OCH3 is 1. The Labute approximate surface area is 99.1 Å². The van der Waals surface area contributed by atoms with Gasteiger partial charge in [-0.05, 0) is 30.7 Å². The van der Waals surface area contributed by atoms with Crippen molar-refractivity contribution in [2.24, 2.45) is 0 Å². The maximum absolute atomic E-state index is 13.8. The number of hydrogen-bond acceptors (Lipinski definition) is 3. The number of pyridine rings is 1. The van der Waals surface area contributed by atoms with E-state index >= 15 is 0 Å². The minimum Gasteiger partial charge on any atom is -0.497 e. The fourth-order valence-electron chi connectivity index (χ4n) is 1.63. The number of nitrogen functional groups attached to an aromatic ring is 1. The second-order valence-electron chi connectivity index (χ2n) is 3.80. The highest BCUT2D eigenvalue weighted by atomic mass is 19.1. The van der Waals surface area contributed by atoms with E-state index in [2.05, 4.69) is 4.98 Å². The van der Waals surface area contributed by atoms with Gasteiger partial charge in [-0.15, -0.1) is 0 Å². The molecule has 88 valence electrons. The topological polar surface area (TPSA) is 48.1 Å². The molecule has 1 heterocycles. The predicted molar refractivity (Wildman–Crippen MR) is 65.3 cm³/mol. The van der Waals surface area contributed by atoms with Gasteiger partial charge in [-0.25, -0.2) is 4.39 Å². The number of rotatable bonds is 2. The number of hydrogen-bond donors (Lipinski definition) is 1. The summed E-state index contributed by atoms with van der Waals surface area (Å²) in [5.41, 5.74) is 8.08. The van der Waals surface area contributed by atoms with Gasteiger partial charge in [0.15, 0.2) is 0 Å².